The number of likely N-dealkylation sites (N-methyl/N-ethyl adjacent to an activating group) is 1. The number of aromatic nitrogens is 2. The Morgan fingerprint density at radius 1 is 0.796 bits per heavy atom. The van der Waals surface area contributed by atoms with Gasteiger partial charge in [0.2, 0.25) is 11.8 Å². The van der Waals surface area contributed by atoms with Crippen LogP contribution in [0.2, 0.25) is 0 Å². The van der Waals surface area contributed by atoms with Crippen molar-refractivity contribution >= 4 is 34.6 Å². The Balaban J connectivity index is 1.38. The van der Waals surface area contributed by atoms with Crippen molar-refractivity contribution < 1.29 is 23.2 Å². The fourth-order valence-corrected chi connectivity index (χ4v) is 6.08. The maximum absolute atomic E-state index is 14.2. The van der Waals surface area contributed by atoms with Crippen LogP contribution < -0.4 is 32.7 Å². The number of carbonyl (C=O) groups is 3. The number of imidazole rings is 1. The third kappa shape index (κ3) is 10.2. The first-order chi connectivity index (χ1) is 25.9. The highest BCUT2D eigenvalue weighted by Crippen LogP contribution is 2.21. The van der Waals surface area contributed by atoms with Crippen LogP contribution in [0.15, 0.2) is 95.8 Å². The Hall–Kier alpha value is -5.86. The van der Waals surface area contributed by atoms with Crippen LogP contribution in [0.3, 0.4) is 0 Å². The first-order valence-electron chi connectivity index (χ1n) is 17.7. The summed E-state index contributed by atoms with van der Waals surface area (Å²) in [5.41, 5.74) is 10.3. The summed E-state index contributed by atoms with van der Waals surface area (Å²) in [6.45, 7) is 3.68. The van der Waals surface area contributed by atoms with Crippen molar-refractivity contribution in [1.29, 1.82) is 0 Å². The fourth-order valence-electron chi connectivity index (χ4n) is 6.08. The Morgan fingerprint density at radius 2 is 1.54 bits per heavy atom. The molecule has 12 nitrogen and oxygen atoms in total. The number of carbonyl (C=O) groups excluding carboxylic acids is 3. The Kier molecular flexibility index (Phi) is 13.3. The average molecular weight is 741 g/mol. The van der Waals surface area contributed by atoms with Crippen molar-refractivity contribution in [3.05, 3.63) is 135 Å². The van der Waals surface area contributed by atoms with E-state index >= 15 is 0 Å². The number of nitrogens with zero attached hydrogens (tertiary/aromatic N) is 3. The molecule has 5 aromatic rings. The maximum Gasteiger partial charge on any atom is 0.329 e. The second kappa shape index (κ2) is 18.3. The summed E-state index contributed by atoms with van der Waals surface area (Å²) in [5, 5.41) is 10.8. The molecule has 0 bridgehead atoms. The first-order valence-corrected chi connectivity index (χ1v) is 17.7. The fraction of sp³-hybridized carbons (Fsp3) is 0.300. The first kappa shape index (κ1) is 39.3. The van der Waals surface area contributed by atoms with Gasteiger partial charge in [0.15, 0.2) is 11.6 Å². The van der Waals surface area contributed by atoms with Crippen molar-refractivity contribution in [3.63, 3.8) is 0 Å². The van der Waals surface area contributed by atoms with E-state index in [2.05, 4.69) is 21.3 Å². The number of halogens is 2. The largest absolute Gasteiger partial charge is 0.350 e. The van der Waals surface area contributed by atoms with Gasteiger partial charge in [-0.25, -0.2) is 18.4 Å². The highest BCUT2D eigenvalue weighted by molar-refractivity contribution is 5.96. The van der Waals surface area contributed by atoms with Gasteiger partial charge in [-0.3, -0.25) is 18.7 Å². The van der Waals surface area contributed by atoms with Crippen molar-refractivity contribution in [2.24, 2.45) is 5.73 Å². The van der Waals surface area contributed by atoms with Crippen LogP contribution >= 0.6 is 0 Å². The Labute approximate surface area is 312 Å². The lowest BCUT2D eigenvalue weighted by molar-refractivity contribution is -0.130. The molecule has 1 heterocycles. The summed E-state index contributed by atoms with van der Waals surface area (Å²) in [4.78, 5) is 56.2. The Morgan fingerprint density at radius 3 is 2.24 bits per heavy atom. The quantitative estimate of drug-likeness (QED) is 0.104. The molecule has 14 heteroatoms. The molecule has 0 aliphatic rings. The van der Waals surface area contributed by atoms with E-state index in [9.17, 15) is 28.0 Å². The zero-order chi connectivity index (χ0) is 38.8. The SMILES string of the molecule is Cc1ccccc1Cn1c(=O)n(CCN(C)C)c2ccc(NC(=O)N[C@@H](Cc3ccc(F)c(F)c3)C(=O)N[C@@H](CCN)C(=O)NCc3ccccc3)cc21. The molecule has 54 heavy (non-hydrogen) atoms. The van der Waals surface area contributed by atoms with Crippen LogP contribution in [0.5, 0.6) is 0 Å². The lowest BCUT2D eigenvalue weighted by Gasteiger charge is -2.23. The van der Waals surface area contributed by atoms with E-state index in [4.69, 9.17) is 5.73 Å². The average Bonchev–Trinajstić information content (AvgIpc) is 3.40. The maximum atomic E-state index is 14.2. The predicted octanol–water partition coefficient (Wildman–Crippen LogP) is 3.88. The molecular weight excluding hydrogens is 694 g/mol. The number of rotatable bonds is 16. The predicted molar refractivity (Wildman–Crippen MR) is 205 cm³/mol. The number of urea groups is 1. The summed E-state index contributed by atoms with van der Waals surface area (Å²) in [6.07, 6.45) is -0.115. The molecule has 0 aliphatic heterocycles. The lowest BCUT2D eigenvalue weighted by Crippen LogP contribution is -2.55. The third-order valence-electron chi connectivity index (χ3n) is 9.08. The second-order valence-corrected chi connectivity index (χ2v) is 13.4. The van der Waals surface area contributed by atoms with Gasteiger partial charge in [-0.15, -0.1) is 0 Å². The number of nitrogens with one attached hydrogen (secondary N) is 4. The summed E-state index contributed by atoms with van der Waals surface area (Å²) in [6, 6.07) is 22.2. The van der Waals surface area contributed by atoms with Crippen LogP contribution in [0.4, 0.5) is 19.3 Å². The Bertz CT molecular complexity index is 2150. The van der Waals surface area contributed by atoms with Gasteiger partial charge in [0.25, 0.3) is 0 Å². The molecule has 4 aromatic carbocycles. The summed E-state index contributed by atoms with van der Waals surface area (Å²) in [5.74, 6) is -3.38. The number of amides is 4. The highest BCUT2D eigenvalue weighted by atomic mass is 19.2. The molecule has 0 saturated heterocycles. The molecule has 0 radical (unpaired) electrons. The summed E-state index contributed by atoms with van der Waals surface area (Å²) >= 11 is 0. The van der Waals surface area contributed by atoms with Gasteiger partial charge in [0, 0.05) is 31.7 Å². The monoisotopic (exact) mass is 740 g/mol. The van der Waals surface area contributed by atoms with Gasteiger partial charge in [-0.2, -0.15) is 0 Å². The van der Waals surface area contributed by atoms with Crippen LogP contribution in [-0.4, -0.2) is 71.1 Å². The van der Waals surface area contributed by atoms with E-state index in [1.165, 1.54) is 6.07 Å². The number of fused-ring (bicyclic) bond motifs is 1. The zero-order valence-corrected chi connectivity index (χ0v) is 30.6. The molecule has 6 N–H and O–H groups in total. The molecular formula is C40H46F2N8O4. The van der Waals surface area contributed by atoms with E-state index in [0.29, 0.717) is 36.4 Å². The van der Waals surface area contributed by atoms with Crippen LogP contribution in [0, 0.1) is 18.6 Å². The van der Waals surface area contributed by atoms with Crippen LogP contribution in [0.25, 0.3) is 11.0 Å². The van der Waals surface area contributed by atoms with Crippen molar-refractivity contribution in [3.8, 4) is 0 Å². The molecule has 284 valence electrons. The summed E-state index contributed by atoms with van der Waals surface area (Å²) < 4.78 is 31.3. The summed E-state index contributed by atoms with van der Waals surface area (Å²) in [7, 11) is 3.86. The van der Waals surface area contributed by atoms with Gasteiger partial charge >= 0.3 is 11.7 Å². The number of nitrogens with two attached hydrogens (primary N) is 1. The minimum atomic E-state index is -1.31. The molecule has 0 spiro atoms. The van der Waals surface area contributed by atoms with Gasteiger partial charge in [-0.1, -0.05) is 60.7 Å². The minimum Gasteiger partial charge on any atom is -0.350 e. The van der Waals surface area contributed by atoms with Gasteiger partial charge < -0.3 is 31.9 Å². The van der Waals surface area contributed by atoms with Crippen molar-refractivity contribution in [2.75, 3.05) is 32.5 Å². The molecule has 0 fully saturated rings. The highest BCUT2D eigenvalue weighted by Gasteiger charge is 2.27. The van der Waals surface area contributed by atoms with Crippen LogP contribution in [-0.2, 0) is 35.6 Å². The second-order valence-electron chi connectivity index (χ2n) is 13.4. The van der Waals surface area contributed by atoms with Crippen LogP contribution in [0.1, 0.15) is 28.7 Å². The topological polar surface area (TPSA) is 156 Å². The molecule has 0 saturated carbocycles. The number of aryl methyl sites for hydroxylation is 1. The molecule has 0 aliphatic carbocycles. The molecule has 5 rings (SSSR count). The lowest BCUT2D eigenvalue weighted by atomic mass is 10.0. The normalized spacial score (nSPS) is 12.4. The smallest absolute Gasteiger partial charge is 0.329 e. The molecule has 2 atom stereocenters. The number of benzene rings is 4. The van der Waals surface area contributed by atoms with E-state index < -0.39 is 41.6 Å². The molecule has 1 aromatic heterocycles. The van der Waals surface area contributed by atoms with Gasteiger partial charge in [-0.05, 0) is 86.6 Å². The number of hydrogen-bond acceptors (Lipinski definition) is 6. The van der Waals surface area contributed by atoms with Gasteiger partial charge in [0.05, 0.1) is 17.6 Å². The van der Waals surface area contributed by atoms with E-state index in [1.54, 1.807) is 27.3 Å². The minimum absolute atomic E-state index is 0.0831. The van der Waals surface area contributed by atoms with Crippen molar-refractivity contribution in [1.82, 2.24) is 30.0 Å². The third-order valence-corrected chi connectivity index (χ3v) is 9.08. The van der Waals surface area contributed by atoms with Gasteiger partial charge in [0.1, 0.15) is 12.1 Å². The number of anilines is 1. The molecule has 0 unspecified atom stereocenters. The zero-order valence-electron chi connectivity index (χ0n) is 30.6. The van der Waals surface area contributed by atoms with E-state index in [-0.39, 0.29) is 37.2 Å². The molecule has 4 amide bonds. The van der Waals surface area contributed by atoms with E-state index in [0.717, 1.165) is 28.8 Å². The van der Waals surface area contributed by atoms with Crippen molar-refractivity contribution in [2.45, 2.75) is 51.5 Å². The van der Waals surface area contributed by atoms with E-state index in [1.807, 2.05) is 80.5 Å². The number of hydrogen-bond donors (Lipinski definition) is 5. The standard InChI is InChI=1S/C40H46F2N8O4/c1-26-9-7-8-12-29(26)25-50-36-23-30(14-16-35(36)49(40(50)54)20-19-48(2)3)45-39(53)47-34(22-28-13-15-31(41)32(42)21-28)38(52)46-33(17-18-43)37(51)44-24-27-10-5-4-6-11-27/h4-16,21,23,33-34H,17-20,22,24-25,43H2,1-3H3,(H,44,51)(H,46,52)(H2,45,47,53)/t33-,34-/m0/s1.